The summed E-state index contributed by atoms with van der Waals surface area (Å²) < 4.78 is 70.3. The molecule has 0 rings (SSSR count). The summed E-state index contributed by atoms with van der Waals surface area (Å²) >= 11 is 0. The number of carboxylic acids is 1. The Morgan fingerprint density at radius 1 is 1.00 bits per heavy atom. The van der Waals surface area contributed by atoms with Gasteiger partial charge in [-0.15, -0.1) is 0 Å². The van der Waals surface area contributed by atoms with Crippen molar-refractivity contribution in [1.29, 1.82) is 0 Å². The van der Waals surface area contributed by atoms with Crippen LogP contribution >= 0.6 is 0 Å². The molecule has 0 amide bonds. The van der Waals surface area contributed by atoms with Gasteiger partial charge in [0.15, 0.2) is 5.41 Å². The van der Waals surface area contributed by atoms with Gasteiger partial charge in [-0.05, 0) is 6.92 Å². The van der Waals surface area contributed by atoms with Gasteiger partial charge < -0.3 is 9.90 Å². The maximum absolute atomic E-state index is 11.7. The van der Waals surface area contributed by atoms with Crippen LogP contribution in [-0.4, -0.2) is 18.3 Å². The van der Waals surface area contributed by atoms with E-state index in [1.165, 1.54) is 0 Å². The molecule has 0 unspecified atom stereocenters. The van der Waals surface area contributed by atoms with Crippen LogP contribution in [0.1, 0.15) is 6.92 Å². The molecule has 0 aliphatic heterocycles. The Morgan fingerprint density at radius 3 is 1.21 bits per heavy atom. The zero-order valence-electron chi connectivity index (χ0n) is 7.08. The van der Waals surface area contributed by atoms with Crippen molar-refractivity contribution in [3.05, 3.63) is 0 Å². The summed E-state index contributed by atoms with van der Waals surface area (Å²) in [6.45, 7) is -0.484. The molecular weight excluding hydrogens is 229 g/mol. The molecule has 0 aromatic rings. The van der Waals surface area contributed by atoms with Crippen LogP contribution in [0.15, 0.2) is 0 Å². The van der Waals surface area contributed by atoms with Gasteiger partial charge in [-0.1, -0.05) is 0 Å². The van der Waals surface area contributed by atoms with Crippen LogP contribution in [0.5, 0.6) is 0 Å². The molecule has 0 N–H and O–H groups in total. The third-order valence-corrected chi connectivity index (χ3v) is 1.54. The molecule has 0 saturated heterocycles. The van der Waals surface area contributed by atoms with E-state index >= 15 is 0 Å². The normalized spacial score (nSPS) is 13.4. The van der Waals surface area contributed by atoms with Gasteiger partial charge in [-0.3, -0.25) is 0 Å². The standard InChI is InChI=1S/C5H4F6O2.Na/c1-3(2(12)13,4(6,7)8)5(9,10)11;/h1H3,(H,12,13);/q;+1/p-1. The summed E-state index contributed by atoms with van der Waals surface area (Å²) in [5.74, 6) is -3.22. The van der Waals surface area contributed by atoms with Crippen molar-refractivity contribution in [1.82, 2.24) is 0 Å². The summed E-state index contributed by atoms with van der Waals surface area (Å²) in [6, 6.07) is 0. The molecule has 0 heterocycles. The van der Waals surface area contributed by atoms with E-state index in [2.05, 4.69) is 0 Å². The van der Waals surface area contributed by atoms with Crippen LogP contribution < -0.4 is 34.7 Å². The number of alkyl halides is 6. The van der Waals surface area contributed by atoms with Crippen molar-refractivity contribution in [3.63, 3.8) is 0 Å². The van der Waals surface area contributed by atoms with Crippen molar-refractivity contribution in [2.24, 2.45) is 5.41 Å². The number of carboxylic acid groups (broad SMARTS) is 1. The van der Waals surface area contributed by atoms with Gasteiger partial charge in [0.25, 0.3) is 0 Å². The largest absolute Gasteiger partial charge is 1.00 e. The number of carbonyl (C=O) groups is 1. The van der Waals surface area contributed by atoms with Crippen LogP contribution in [0.4, 0.5) is 26.3 Å². The molecule has 0 aromatic heterocycles. The van der Waals surface area contributed by atoms with E-state index < -0.39 is 30.7 Å². The second-order valence-corrected chi connectivity index (χ2v) is 2.41. The number of hydrogen-bond acceptors (Lipinski definition) is 2. The fraction of sp³-hybridized carbons (Fsp3) is 0.800. The maximum atomic E-state index is 11.7. The minimum absolute atomic E-state index is 0. The fourth-order valence-corrected chi connectivity index (χ4v) is 0.392. The molecule has 9 heteroatoms. The second kappa shape index (κ2) is 4.28. The Kier molecular flexibility index (Phi) is 5.03. The molecule has 0 aliphatic carbocycles. The summed E-state index contributed by atoms with van der Waals surface area (Å²) in [4.78, 5) is 9.76. The van der Waals surface area contributed by atoms with Crippen molar-refractivity contribution < 1.29 is 65.8 Å². The van der Waals surface area contributed by atoms with Crippen LogP contribution in [0.2, 0.25) is 0 Å². The van der Waals surface area contributed by atoms with Gasteiger partial charge in [-0.2, -0.15) is 26.3 Å². The Labute approximate surface area is 96.6 Å². The molecular formula is C5H3F6NaO2. The summed E-state index contributed by atoms with van der Waals surface area (Å²) in [5.41, 5.74) is -4.82. The predicted octanol–water partition coefficient (Wildman–Crippen LogP) is -2.13. The Morgan fingerprint density at radius 2 is 1.21 bits per heavy atom. The zero-order valence-corrected chi connectivity index (χ0v) is 9.08. The number of carbonyl (C=O) groups excluding carboxylic acids is 1. The van der Waals surface area contributed by atoms with Crippen LogP contribution in [-0.2, 0) is 4.79 Å². The second-order valence-electron chi connectivity index (χ2n) is 2.41. The molecule has 78 valence electrons. The predicted molar refractivity (Wildman–Crippen MR) is 25.2 cm³/mol. The number of hydrogen-bond donors (Lipinski definition) is 0. The van der Waals surface area contributed by atoms with Gasteiger partial charge in [-0.25, -0.2) is 0 Å². The number of aliphatic carboxylic acids is 1. The SMILES string of the molecule is CC(C(=O)[O-])(C(F)(F)F)C(F)(F)F.[Na+]. The van der Waals surface area contributed by atoms with Gasteiger partial charge in [0.1, 0.15) is 0 Å². The zero-order chi connectivity index (χ0) is 11.1. The number of rotatable bonds is 1. The molecule has 0 aliphatic rings. The van der Waals surface area contributed by atoms with E-state index in [9.17, 15) is 36.2 Å². The van der Waals surface area contributed by atoms with Crippen molar-refractivity contribution >= 4 is 5.97 Å². The first-order valence-electron chi connectivity index (χ1n) is 2.79. The Hall–Kier alpha value is 0.0500. The van der Waals surface area contributed by atoms with E-state index in [1.54, 1.807) is 0 Å². The van der Waals surface area contributed by atoms with Crippen molar-refractivity contribution in [3.8, 4) is 0 Å². The first-order valence-corrected chi connectivity index (χ1v) is 2.79. The molecule has 2 nitrogen and oxygen atoms in total. The third-order valence-electron chi connectivity index (χ3n) is 1.54. The first kappa shape index (κ1) is 16.5. The minimum atomic E-state index is -5.93. The van der Waals surface area contributed by atoms with Crippen LogP contribution in [0.3, 0.4) is 0 Å². The molecule has 0 radical (unpaired) electrons. The third kappa shape index (κ3) is 2.54. The van der Waals surface area contributed by atoms with E-state index in [0.717, 1.165) is 0 Å². The van der Waals surface area contributed by atoms with Crippen molar-refractivity contribution in [2.45, 2.75) is 19.3 Å². The molecule has 0 atom stereocenters. The molecule has 0 spiro atoms. The quantitative estimate of drug-likeness (QED) is 0.383. The minimum Gasteiger partial charge on any atom is -0.549 e. The first-order chi connectivity index (χ1) is 5.44. The Bertz CT molecular complexity index is 205. The van der Waals surface area contributed by atoms with Crippen LogP contribution in [0, 0.1) is 5.41 Å². The molecule has 0 bridgehead atoms. The number of halogens is 6. The molecule has 14 heavy (non-hydrogen) atoms. The van der Waals surface area contributed by atoms with Crippen LogP contribution in [0.25, 0.3) is 0 Å². The fourth-order valence-electron chi connectivity index (χ4n) is 0.392. The monoisotopic (exact) mass is 232 g/mol. The van der Waals surface area contributed by atoms with Gasteiger partial charge in [0.05, 0.1) is 5.97 Å². The smallest absolute Gasteiger partial charge is 0.549 e. The average molecular weight is 232 g/mol. The van der Waals surface area contributed by atoms with E-state index in [4.69, 9.17) is 0 Å². The van der Waals surface area contributed by atoms with E-state index in [1.807, 2.05) is 0 Å². The molecule has 0 aromatic carbocycles. The van der Waals surface area contributed by atoms with Crippen molar-refractivity contribution in [2.75, 3.05) is 0 Å². The maximum Gasteiger partial charge on any atom is 1.00 e. The average Bonchev–Trinajstić information content (AvgIpc) is 1.80. The van der Waals surface area contributed by atoms with Gasteiger partial charge >= 0.3 is 41.9 Å². The molecule has 0 saturated carbocycles. The van der Waals surface area contributed by atoms with Gasteiger partial charge in [0, 0.05) is 0 Å². The summed E-state index contributed by atoms with van der Waals surface area (Å²) in [6.07, 6.45) is -11.9. The van der Waals surface area contributed by atoms with E-state index in [-0.39, 0.29) is 29.6 Å². The summed E-state index contributed by atoms with van der Waals surface area (Å²) in [5, 5.41) is 9.76. The molecule has 0 fully saturated rings. The summed E-state index contributed by atoms with van der Waals surface area (Å²) in [7, 11) is 0. The topological polar surface area (TPSA) is 40.1 Å². The van der Waals surface area contributed by atoms with Gasteiger partial charge in [0.2, 0.25) is 0 Å². The Balaban J connectivity index is 0. The van der Waals surface area contributed by atoms with E-state index in [0.29, 0.717) is 0 Å².